The molecule has 0 aliphatic carbocycles. The average Bonchev–Trinajstić information content (AvgIpc) is 3.02. The van der Waals surface area contributed by atoms with Gasteiger partial charge in [-0.3, -0.25) is 0 Å². The smallest absolute Gasteiger partial charge is 0.139 e. The molecule has 3 rings (SSSR count). The number of imidazole rings is 1. The fourth-order valence-electron chi connectivity index (χ4n) is 2.56. The van der Waals surface area contributed by atoms with Crippen LogP contribution >= 0.6 is 11.6 Å². The number of hydrogen-bond donors (Lipinski definition) is 3. The van der Waals surface area contributed by atoms with Gasteiger partial charge in [0.25, 0.3) is 0 Å². The van der Waals surface area contributed by atoms with Crippen LogP contribution in [0.2, 0.25) is 5.02 Å². The van der Waals surface area contributed by atoms with Crippen LogP contribution in [0.15, 0.2) is 36.7 Å². The predicted octanol–water partition coefficient (Wildman–Crippen LogP) is 2.53. The van der Waals surface area contributed by atoms with E-state index in [1.54, 1.807) is 19.2 Å². The molecule has 6 nitrogen and oxygen atoms in total. The molecule has 0 spiro atoms. The number of nitrogens with zero attached hydrogens (tertiary/aromatic N) is 2. The summed E-state index contributed by atoms with van der Waals surface area (Å²) in [6.07, 6.45) is 3.83. The van der Waals surface area contributed by atoms with Gasteiger partial charge in [-0.15, -0.1) is 0 Å². The molecular formula is C17H19ClN4O2. The van der Waals surface area contributed by atoms with E-state index in [0.29, 0.717) is 29.4 Å². The third kappa shape index (κ3) is 3.17. The molecule has 7 heteroatoms. The van der Waals surface area contributed by atoms with Gasteiger partial charge >= 0.3 is 0 Å². The molecule has 0 aliphatic rings. The van der Waals surface area contributed by atoms with Gasteiger partial charge in [0.1, 0.15) is 11.4 Å². The van der Waals surface area contributed by atoms with Crippen molar-refractivity contribution in [1.29, 1.82) is 0 Å². The first-order chi connectivity index (χ1) is 11.7. The molecule has 0 unspecified atom stereocenters. The number of hydrogen-bond acceptors (Lipinski definition) is 5. The van der Waals surface area contributed by atoms with E-state index in [2.05, 4.69) is 10.3 Å². The van der Waals surface area contributed by atoms with Crippen LogP contribution in [0, 0.1) is 0 Å². The van der Waals surface area contributed by atoms with E-state index < -0.39 is 0 Å². The maximum atomic E-state index is 9.65. The largest absolute Gasteiger partial charge is 0.495 e. The van der Waals surface area contributed by atoms with Gasteiger partial charge in [-0.1, -0.05) is 11.6 Å². The Bertz CT molecular complexity index is 863. The number of ether oxygens (including phenoxy) is 1. The summed E-state index contributed by atoms with van der Waals surface area (Å²) in [5.41, 5.74) is 9.49. The molecule has 1 aromatic carbocycles. The van der Waals surface area contributed by atoms with Crippen molar-refractivity contribution in [1.82, 2.24) is 9.38 Å². The second-order valence-electron chi connectivity index (χ2n) is 5.32. The quantitative estimate of drug-likeness (QED) is 0.638. The van der Waals surface area contributed by atoms with Crippen molar-refractivity contribution in [3.63, 3.8) is 0 Å². The molecule has 4 N–H and O–H groups in total. The molecule has 0 fully saturated rings. The van der Waals surface area contributed by atoms with Crippen LogP contribution < -0.4 is 15.8 Å². The van der Waals surface area contributed by atoms with Crippen LogP contribution in [0.5, 0.6) is 5.75 Å². The number of benzene rings is 1. The highest BCUT2D eigenvalue weighted by Crippen LogP contribution is 2.33. The van der Waals surface area contributed by atoms with Crippen LogP contribution in [0.1, 0.15) is 5.56 Å². The van der Waals surface area contributed by atoms with Crippen LogP contribution in [0.4, 0.5) is 5.69 Å². The Balaban J connectivity index is 2.04. The lowest BCUT2D eigenvalue weighted by Crippen LogP contribution is -2.13. The molecule has 126 valence electrons. The maximum Gasteiger partial charge on any atom is 0.139 e. The number of aliphatic hydroxyl groups excluding tert-OH is 1. The normalized spacial score (nSPS) is 11.0. The van der Waals surface area contributed by atoms with Gasteiger partial charge in [0, 0.05) is 42.8 Å². The second-order valence-corrected chi connectivity index (χ2v) is 5.73. The highest BCUT2D eigenvalue weighted by molar-refractivity contribution is 6.32. The molecule has 0 atom stereocenters. The first-order valence-electron chi connectivity index (χ1n) is 7.56. The number of fused-ring (bicyclic) bond motifs is 1. The lowest BCUT2D eigenvalue weighted by Gasteiger charge is -2.09. The zero-order valence-electron chi connectivity index (χ0n) is 13.3. The Morgan fingerprint density at radius 3 is 2.92 bits per heavy atom. The van der Waals surface area contributed by atoms with E-state index in [1.807, 2.05) is 28.9 Å². The Hall–Kier alpha value is -2.28. The summed E-state index contributed by atoms with van der Waals surface area (Å²) in [6, 6.07) is 7.40. The number of pyridine rings is 1. The zero-order valence-corrected chi connectivity index (χ0v) is 14.0. The van der Waals surface area contributed by atoms with E-state index in [1.165, 1.54) is 0 Å². The Morgan fingerprint density at radius 1 is 1.38 bits per heavy atom. The topological polar surface area (TPSA) is 84.8 Å². The SMILES string of the molecule is COc1cc(CO)c(-c2cn3ccc(NCCN)cc3n2)cc1Cl. The van der Waals surface area contributed by atoms with Gasteiger partial charge in [-0.25, -0.2) is 4.98 Å². The highest BCUT2D eigenvalue weighted by Gasteiger charge is 2.13. The first kappa shape index (κ1) is 16.6. The number of aromatic nitrogens is 2. The number of rotatable bonds is 6. The highest BCUT2D eigenvalue weighted by atomic mass is 35.5. The predicted molar refractivity (Wildman–Crippen MR) is 95.7 cm³/mol. The lowest BCUT2D eigenvalue weighted by molar-refractivity contribution is 0.281. The molecule has 24 heavy (non-hydrogen) atoms. The minimum Gasteiger partial charge on any atom is -0.495 e. The van der Waals surface area contributed by atoms with E-state index in [4.69, 9.17) is 22.1 Å². The van der Waals surface area contributed by atoms with Crippen molar-refractivity contribution < 1.29 is 9.84 Å². The molecule has 2 aromatic heterocycles. The number of methoxy groups -OCH3 is 1. The summed E-state index contributed by atoms with van der Waals surface area (Å²) >= 11 is 6.23. The van der Waals surface area contributed by atoms with Crippen molar-refractivity contribution >= 4 is 22.9 Å². The van der Waals surface area contributed by atoms with Crippen LogP contribution in [-0.4, -0.2) is 34.7 Å². The summed E-state index contributed by atoms with van der Waals surface area (Å²) in [6.45, 7) is 1.14. The van der Waals surface area contributed by atoms with E-state index in [0.717, 1.165) is 22.6 Å². The number of halogens is 1. The van der Waals surface area contributed by atoms with Crippen LogP contribution in [-0.2, 0) is 6.61 Å². The molecule has 0 amide bonds. The average molecular weight is 347 g/mol. The monoisotopic (exact) mass is 346 g/mol. The molecule has 3 aromatic rings. The number of nitrogens with one attached hydrogen (secondary N) is 1. The molecule has 0 aliphatic heterocycles. The number of anilines is 1. The van der Waals surface area contributed by atoms with Gasteiger partial charge < -0.3 is 25.3 Å². The fraction of sp³-hybridized carbons (Fsp3) is 0.235. The van der Waals surface area contributed by atoms with Crippen molar-refractivity contribution in [3.8, 4) is 17.0 Å². The van der Waals surface area contributed by atoms with Crippen LogP contribution in [0.25, 0.3) is 16.9 Å². The second kappa shape index (κ2) is 7.09. The van der Waals surface area contributed by atoms with Gasteiger partial charge in [-0.05, 0) is 23.8 Å². The Labute approximate surface area is 144 Å². The Kier molecular flexibility index (Phi) is 4.89. The van der Waals surface area contributed by atoms with Crippen molar-refractivity contribution in [2.75, 3.05) is 25.5 Å². The van der Waals surface area contributed by atoms with Gasteiger partial charge in [0.15, 0.2) is 0 Å². The van der Waals surface area contributed by atoms with Crippen molar-refractivity contribution in [2.24, 2.45) is 5.73 Å². The summed E-state index contributed by atoms with van der Waals surface area (Å²) in [5.74, 6) is 0.529. The van der Waals surface area contributed by atoms with E-state index in [-0.39, 0.29) is 6.61 Å². The fourth-order valence-corrected chi connectivity index (χ4v) is 2.80. The summed E-state index contributed by atoms with van der Waals surface area (Å²) < 4.78 is 7.12. The van der Waals surface area contributed by atoms with Crippen molar-refractivity contribution in [3.05, 3.63) is 47.2 Å². The maximum absolute atomic E-state index is 9.65. The third-order valence-electron chi connectivity index (χ3n) is 3.76. The van der Waals surface area contributed by atoms with Crippen LogP contribution in [0.3, 0.4) is 0 Å². The molecule has 0 saturated heterocycles. The van der Waals surface area contributed by atoms with E-state index in [9.17, 15) is 5.11 Å². The molecule has 2 heterocycles. The summed E-state index contributed by atoms with van der Waals surface area (Å²) in [5, 5.41) is 13.4. The number of aliphatic hydroxyl groups is 1. The minimum absolute atomic E-state index is 0.125. The minimum atomic E-state index is -0.125. The lowest BCUT2D eigenvalue weighted by atomic mass is 10.1. The molecule has 0 bridgehead atoms. The van der Waals surface area contributed by atoms with Crippen molar-refractivity contribution in [2.45, 2.75) is 6.61 Å². The van der Waals surface area contributed by atoms with Gasteiger partial charge in [-0.2, -0.15) is 0 Å². The summed E-state index contributed by atoms with van der Waals surface area (Å²) in [7, 11) is 1.54. The molecular weight excluding hydrogens is 328 g/mol. The molecule has 0 saturated carbocycles. The van der Waals surface area contributed by atoms with E-state index >= 15 is 0 Å². The molecule has 0 radical (unpaired) electrons. The standard InChI is InChI=1S/C17H19ClN4O2/c1-24-16-6-11(10-23)13(8-14(16)18)15-9-22-5-2-12(20-4-3-19)7-17(22)21-15/h2,5-9,20,23H,3-4,10,19H2,1H3. The van der Waals surface area contributed by atoms with Gasteiger partial charge in [0.2, 0.25) is 0 Å². The first-order valence-corrected chi connectivity index (χ1v) is 7.94. The number of nitrogens with two attached hydrogens (primary N) is 1. The third-order valence-corrected chi connectivity index (χ3v) is 4.05. The van der Waals surface area contributed by atoms with Gasteiger partial charge in [0.05, 0.1) is 24.4 Å². The summed E-state index contributed by atoms with van der Waals surface area (Å²) in [4.78, 5) is 4.64. The zero-order chi connectivity index (χ0) is 17.1. The Morgan fingerprint density at radius 2 is 2.21 bits per heavy atom.